The second kappa shape index (κ2) is 8.28. The van der Waals surface area contributed by atoms with Gasteiger partial charge < -0.3 is 24.7 Å². The highest BCUT2D eigenvalue weighted by Gasteiger charge is 2.28. The Hall–Kier alpha value is -2.45. The molecule has 2 aliphatic heterocycles. The van der Waals surface area contributed by atoms with E-state index < -0.39 is 0 Å². The maximum absolute atomic E-state index is 11.4. The third kappa shape index (κ3) is 4.18. The molecule has 4 heterocycles. The van der Waals surface area contributed by atoms with Gasteiger partial charge in [-0.2, -0.15) is 0 Å². The Morgan fingerprint density at radius 2 is 2.11 bits per heavy atom. The van der Waals surface area contributed by atoms with Gasteiger partial charge in [-0.3, -0.25) is 4.79 Å². The van der Waals surface area contributed by atoms with Crippen molar-refractivity contribution in [2.24, 2.45) is 11.8 Å². The van der Waals surface area contributed by atoms with Crippen LogP contribution in [0.2, 0.25) is 0 Å². The lowest BCUT2D eigenvalue weighted by Crippen LogP contribution is -2.34. The zero-order valence-electron chi connectivity index (χ0n) is 16.4. The van der Waals surface area contributed by atoms with Gasteiger partial charge in [0.15, 0.2) is 0 Å². The van der Waals surface area contributed by atoms with Crippen molar-refractivity contribution in [3.63, 3.8) is 0 Å². The molecule has 0 spiro atoms. The summed E-state index contributed by atoms with van der Waals surface area (Å²) in [5.41, 5.74) is 3.55. The predicted molar refractivity (Wildman–Crippen MR) is 109 cm³/mol. The Morgan fingerprint density at radius 3 is 2.89 bits per heavy atom. The highest BCUT2D eigenvalue weighted by Crippen LogP contribution is 2.31. The number of anilines is 3. The molecule has 4 rings (SSSR count). The van der Waals surface area contributed by atoms with Gasteiger partial charge in [0.25, 0.3) is 0 Å². The molecular formula is C20H29N5O3. The summed E-state index contributed by atoms with van der Waals surface area (Å²) >= 11 is 0. The molecule has 1 atom stereocenters. The van der Waals surface area contributed by atoms with Gasteiger partial charge in [-0.1, -0.05) is 0 Å². The molecule has 0 bridgehead atoms. The molecule has 0 saturated carbocycles. The maximum atomic E-state index is 11.4. The quantitative estimate of drug-likeness (QED) is 0.836. The Balaban J connectivity index is 0.00000240. The van der Waals surface area contributed by atoms with E-state index in [4.69, 9.17) is 14.5 Å². The molecule has 0 aromatic carbocycles. The molecule has 2 aromatic rings. The lowest BCUT2D eigenvalue weighted by atomic mass is 9.83. The second-order valence-corrected chi connectivity index (χ2v) is 7.66. The van der Waals surface area contributed by atoms with Crippen molar-refractivity contribution < 1.29 is 10.9 Å². The lowest BCUT2D eigenvalue weighted by molar-refractivity contribution is 0.0141. The van der Waals surface area contributed by atoms with Crippen LogP contribution >= 0.6 is 0 Å². The number of fused-ring (bicyclic) bond motifs is 1. The minimum Gasteiger partial charge on any atom is -0.381 e. The fourth-order valence-corrected chi connectivity index (χ4v) is 3.98. The van der Waals surface area contributed by atoms with Gasteiger partial charge in [-0.25, -0.2) is 9.97 Å². The van der Waals surface area contributed by atoms with Crippen LogP contribution in [0.3, 0.4) is 0 Å². The Morgan fingerprint density at radius 1 is 1.29 bits per heavy atom. The summed E-state index contributed by atoms with van der Waals surface area (Å²) in [7, 11) is 2.00. The minimum atomic E-state index is -0.122. The molecule has 0 amide bonds. The van der Waals surface area contributed by atoms with Crippen LogP contribution in [0.25, 0.3) is 0 Å². The van der Waals surface area contributed by atoms with Crippen molar-refractivity contribution in [3.8, 4) is 0 Å². The molecular weight excluding hydrogens is 358 g/mol. The number of hydrogen-bond donors (Lipinski definition) is 2. The normalized spacial score (nSPS) is 20.9. The Labute approximate surface area is 165 Å². The Bertz CT molecular complexity index is 885. The molecule has 8 nitrogen and oxygen atoms in total. The number of hydrogen-bond acceptors (Lipinski definition) is 7. The molecule has 0 aliphatic carbocycles. The summed E-state index contributed by atoms with van der Waals surface area (Å²) in [6.45, 7) is 4.81. The van der Waals surface area contributed by atoms with Crippen LogP contribution in [0.5, 0.6) is 0 Å². The van der Waals surface area contributed by atoms with E-state index in [9.17, 15) is 4.79 Å². The van der Waals surface area contributed by atoms with Crippen LogP contribution in [0.4, 0.5) is 17.3 Å². The van der Waals surface area contributed by atoms with Crippen molar-refractivity contribution in [1.29, 1.82) is 0 Å². The average molecular weight is 387 g/mol. The fourth-order valence-electron chi connectivity index (χ4n) is 3.98. The largest absolute Gasteiger partial charge is 0.381 e. The fraction of sp³-hybridized carbons (Fsp3) is 0.550. The number of ether oxygens (including phenoxy) is 2. The molecule has 0 radical (unpaired) electrons. The SMILES string of the molecule is Cc1cc(=O)[nH]cc1Nc1ncc2c(n1)CC(C1CCOCC1)COCN2C.[HH]. The lowest BCUT2D eigenvalue weighted by Gasteiger charge is -2.34. The summed E-state index contributed by atoms with van der Waals surface area (Å²) in [5.74, 6) is 1.56. The molecule has 152 valence electrons. The molecule has 2 aliphatic rings. The number of H-pyrrole nitrogens is 1. The van der Waals surface area contributed by atoms with E-state index in [1.807, 2.05) is 25.1 Å². The number of pyridine rings is 1. The zero-order chi connectivity index (χ0) is 19.5. The van der Waals surface area contributed by atoms with Gasteiger partial charge in [-0.15, -0.1) is 0 Å². The van der Waals surface area contributed by atoms with Gasteiger partial charge in [0, 0.05) is 34.0 Å². The van der Waals surface area contributed by atoms with Gasteiger partial charge >= 0.3 is 0 Å². The van der Waals surface area contributed by atoms with Crippen molar-refractivity contribution in [1.82, 2.24) is 15.0 Å². The first-order chi connectivity index (χ1) is 13.6. The molecule has 1 saturated heterocycles. The maximum Gasteiger partial charge on any atom is 0.248 e. The van der Waals surface area contributed by atoms with E-state index >= 15 is 0 Å². The monoisotopic (exact) mass is 387 g/mol. The van der Waals surface area contributed by atoms with Crippen LogP contribution in [-0.4, -0.2) is 48.6 Å². The van der Waals surface area contributed by atoms with E-state index in [-0.39, 0.29) is 6.99 Å². The third-order valence-corrected chi connectivity index (χ3v) is 5.64. The van der Waals surface area contributed by atoms with E-state index in [1.54, 1.807) is 12.3 Å². The van der Waals surface area contributed by atoms with Gasteiger partial charge in [0.05, 0.1) is 29.9 Å². The number of rotatable bonds is 3. The minimum absolute atomic E-state index is 0. The van der Waals surface area contributed by atoms with Crippen molar-refractivity contribution >= 4 is 17.3 Å². The molecule has 1 unspecified atom stereocenters. The number of nitrogens with one attached hydrogen (secondary N) is 2. The highest BCUT2D eigenvalue weighted by molar-refractivity contribution is 5.58. The van der Waals surface area contributed by atoms with Crippen LogP contribution in [0, 0.1) is 18.8 Å². The van der Waals surface area contributed by atoms with Crippen molar-refractivity contribution in [2.45, 2.75) is 26.2 Å². The van der Waals surface area contributed by atoms with Crippen LogP contribution < -0.4 is 15.8 Å². The first-order valence-electron chi connectivity index (χ1n) is 9.79. The molecule has 28 heavy (non-hydrogen) atoms. The van der Waals surface area contributed by atoms with E-state index in [1.165, 1.54) is 0 Å². The number of aromatic nitrogens is 3. The molecule has 2 N–H and O–H groups in total. The molecule has 8 heteroatoms. The molecule has 2 aromatic heterocycles. The topological polar surface area (TPSA) is 92.4 Å². The van der Waals surface area contributed by atoms with E-state index in [0.29, 0.717) is 24.5 Å². The van der Waals surface area contributed by atoms with Crippen molar-refractivity contribution in [2.75, 3.05) is 43.8 Å². The first-order valence-corrected chi connectivity index (χ1v) is 9.79. The summed E-state index contributed by atoms with van der Waals surface area (Å²) in [6.07, 6.45) is 6.51. The number of nitrogens with zero attached hydrogens (tertiary/aromatic N) is 3. The van der Waals surface area contributed by atoms with Gasteiger partial charge in [-0.05, 0) is 43.6 Å². The van der Waals surface area contributed by atoms with Crippen LogP contribution in [0.15, 0.2) is 23.3 Å². The van der Waals surface area contributed by atoms with E-state index in [2.05, 4.69) is 15.3 Å². The van der Waals surface area contributed by atoms with Gasteiger partial charge in [0.1, 0.15) is 6.73 Å². The molecule has 1 fully saturated rings. The summed E-state index contributed by atoms with van der Waals surface area (Å²) in [4.78, 5) is 25.5. The van der Waals surface area contributed by atoms with E-state index in [0.717, 1.165) is 61.7 Å². The standard InChI is InChI=1S/C20H27N5O3.H2/c1-13-7-19(26)21-9-17(13)24-20-22-10-18-16(23-20)8-15(11-28-12-25(18)2)14-3-5-27-6-4-14;/h7,9-10,14-15H,3-6,8,11-12H2,1-2H3,(H,21,26)(H,22,23,24);1H. The summed E-state index contributed by atoms with van der Waals surface area (Å²) < 4.78 is 11.5. The second-order valence-electron chi connectivity index (χ2n) is 7.66. The van der Waals surface area contributed by atoms with Crippen LogP contribution in [0.1, 0.15) is 25.5 Å². The highest BCUT2D eigenvalue weighted by atomic mass is 16.5. The number of aryl methyl sites for hydroxylation is 1. The predicted octanol–water partition coefficient (Wildman–Crippen LogP) is 2.47. The summed E-state index contributed by atoms with van der Waals surface area (Å²) in [5, 5.41) is 3.23. The zero-order valence-corrected chi connectivity index (χ0v) is 16.4. The van der Waals surface area contributed by atoms with Crippen LogP contribution in [-0.2, 0) is 15.9 Å². The smallest absolute Gasteiger partial charge is 0.248 e. The third-order valence-electron chi connectivity index (χ3n) is 5.64. The Kier molecular flexibility index (Phi) is 5.59. The van der Waals surface area contributed by atoms with Gasteiger partial charge in [0.2, 0.25) is 11.5 Å². The van der Waals surface area contributed by atoms with Crippen molar-refractivity contribution in [3.05, 3.63) is 40.1 Å². The number of aromatic amines is 1. The summed E-state index contributed by atoms with van der Waals surface area (Å²) in [6, 6.07) is 1.56. The first kappa shape index (κ1) is 18.9. The average Bonchev–Trinajstić information content (AvgIpc) is 2.69.